The van der Waals surface area contributed by atoms with Crippen LogP contribution >= 0.6 is 0 Å². The van der Waals surface area contributed by atoms with E-state index in [1.54, 1.807) is 6.20 Å². The smallest absolute Gasteiger partial charge is 0.407 e. The summed E-state index contributed by atoms with van der Waals surface area (Å²) >= 11 is 0. The lowest BCUT2D eigenvalue weighted by atomic mass is 9.70. The zero-order valence-corrected chi connectivity index (χ0v) is 27.9. The molecule has 4 rings (SSSR count). The molecule has 7 atom stereocenters. The van der Waals surface area contributed by atoms with Crippen LogP contribution in [0.15, 0.2) is 48.7 Å². The average molecular weight is 621 g/mol. The van der Waals surface area contributed by atoms with E-state index in [0.29, 0.717) is 55.0 Å². The fraction of sp³-hybridized carbons (Fsp3) is 0.649. The zero-order chi connectivity index (χ0) is 32.2. The zero-order valence-electron chi connectivity index (χ0n) is 27.9. The highest BCUT2D eigenvalue weighted by Gasteiger charge is 2.37. The number of rotatable bonds is 13. The van der Waals surface area contributed by atoms with Crippen molar-refractivity contribution < 1.29 is 19.1 Å². The normalized spacial score (nSPS) is 25.7. The number of nitrogens with one attached hydrogen (secondary N) is 2. The quantitative estimate of drug-likeness (QED) is 0.199. The van der Waals surface area contributed by atoms with Gasteiger partial charge in [0.05, 0.1) is 0 Å². The van der Waals surface area contributed by atoms with Gasteiger partial charge in [-0.15, -0.1) is 0 Å². The lowest BCUT2D eigenvalue weighted by molar-refractivity contribution is -0.00848. The van der Waals surface area contributed by atoms with Gasteiger partial charge < -0.3 is 25.8 Å². The number of nitrogens with two attached hydrogens (primary N) is 1. The molecule has 0 radical (unpaired) electrons. The maximum absolute atomic E-state index is 12.8. The molecule has 2 fully saturated rings. The number of ether oxygens (including phenoxy) is 2. The second-order valence-corrected chi connectivity index (χ2v) is 14.0. The summed E-state index contributed by atoms with van der Waals surface area (Å²) < 4.78 is 12.1. The van der Waals surface area contributed by atoms with Crippen molar-refractivity contribution in [1.29, 1.82) is 0 Å². The van der Waals surface area contributed by atoms with Crippen LogP contribution in [0.2, 0.25) is 0 Å². The summed E-state index contributed by atoms with van der Waals surface area (Å²) in [6.07, 6.45) is 11.0. The van der Waals surface area contributed by atoms with Crippen molar-refractivity contribution >= 4 is 17.9 Å². The highest BCUT2D eigenvalue weighted by Crippen LogP contribution is 2.41. The molecule has 0 bridgehead atoms. The van der Waals surface area contributed by atoms with E-state index in [1.807, 2.05) is 42.5 Å². The number of aromatic nitrogens is 1. The van der Waals surface area contributed by atoms with Crippen molar-refractivity contribution in [3.63, 3.8) is 0 Å². The fourth-order valence-electron chi connectivity index (χ4n) is 7.44. The van der Waals surface area contributed by atoms with Crippen LogP contribution in [0.25, 0.3) is 0 Å². The van der Waals surface area contributed by atoms with Gasteiger partial charge in [-0.1, -0.05) is 65.2 Å². The van der Waals surface area contributed by atoms with E-state index in [2.05, 4.69) is 43.3 Å². The van der Waals surface area contributed by atoms with Gasteiger partial charge in [-0.2, -0.15) is 0 Å². The molecule has 1 aromatic heterocycles. The molecule has 2 aromatic rings. The number of carbonyl (C=O) groups is 2. The van der Waals surface area contributed by atoms with Gasteiger partial charge in [0.15, 0.2) is 0 Å². The molecule has 0 aliphatic heterocycles. The molecule has 4 N–H and O–H groups in total. The van der Waals surface area contributed by atoms with Gasteiger partial charge in [-0.25, -0.2) is 9.59 Å². The van der Waals surface area contributed by atoms with Crippen LogP contribution in [0.1, 0.15) is 90.3 Å². The van der Waals surface area contributed by atoms with E-state index in [0.717, 1.165) is 61.9 Å². The lowest BCUT2D eigenvalue weighted by Crippen LogP contribution is -2.40. The monoisotopic (exact) mass is 620 g/mol. The molecule has 0 saturated heterocycles. The average Bonchev–Trinajstić information content (AvgIpc) is 3.01. The number of pyridine rings is 1. The topological polar surface area (TPSA) is 116 Å². The Morgan fingerprint density at radius 2 is 1.53 bits per heavy atom. The standard InChI is InChI=1S/C37H56N4O4/c1-25(2)32-17-13-29(24-35(32)45-36(42)40-21-18-28-11-14-30(38)15-12-28)10-9-27(4)33-16-8-26(3)23-34(33)44-37(43)41-22-19-31-7-5-6-20-39-31/h5-7,11-12,14-15,20,25-27,29,32-35H,8-10,13,16-19,21-24,38H2,1-4H3,(H,40,42)(H,41,43). The summed E-state index contributed by atoms with van der Waals surface area (Å²) in [5.41, 5.74) is 8.61. The Balaban J connectivity index is 1.23. The summed E-state index contributed by atoms with van der Waals surface area (Å²) in [5.74, 6) is 2.77. The van der Waals surface area contributed by atoms with Crippen molar-refractivity contribution in [1.82, 2.24) is 15.6 Å². The SMILES string of the molecule is CC1CCC(C(C)CCC2CCC(C(C)C)C(OC(=O)NCCc3ccc(N)cc3)C2)C(OC(=O)NCCc2ccccn2)C1. The van der Waals surface area contributed by atoms with Crippen LogP contribution in [0.3, 0.4) is 0 Å². The fourth-order valence-corrected chi connectivity index (χ4v) is 7.44. The van der Waals surface area contributed by atoms with E-state index in [4.69, 9.17) is 15.2 Å². The van der Waals surface area contributed by atoms with E-state index in [9.17, 15) is 9.59 Å². The highest BCUT2D eigenvalue weighted by molar-refractivity contribution is 5.67. The molecule has 1 aromatic carbocycles. The molecule has 8 nitrogen and oxygen atoms in total. The number of amides is 2. The maximum atomic E-state index is 12.8. The predicted octanol–water partition coefficient (Wildman–Crippen LogP) is 7.56. The summed E-state index contributed by atoms with van der Waals surface area (Å²) in [4.78, 5) is 29.9. The molecule has 7 unspecified atom stereocenters. The second-order valence-electron chi connectivity index (χ2n) is 14.0. The first-order chi connectivity index (χ1) is 21.7. The predicted molar refractivity (Wildman–Crippen MR) is 180 cm³/mol. The molecule has 1 heterocycles. The van der Waals surface area contributed by atoms with Gasteiger partial charge in [0.2, 0.25) is 0 Å². The highest BCUT2D eigenvalue weighted by atomic mass is 16.6. The van der Waals surface area contributed by atoms with E-state index in [1.165, 1.54) is 12.8 Å². The minimum Gasteiger partial charge on any atom is -0.446 e. The number of carbonyl (C=O) groups excluding carboxylic acids is 2. The molecule has 45 heavy (non-hydrogen) atoms. The first-order valence-electron chi connectivity index (χ1n) is 17.3. The summed E-state index contributed by atoms with van der Waals surface area (Å²) in [6, 6.07) is 13.6. The Kier molecular flexibility index (Phi) is 13.4. The number of benzene rings is 1. The third-order valence-electron chi connectivity index (χ3n) is 10.2. The molecular formula is C37H56N4O4. The van der Waals surface area contributed by atoms with Crippen LogP contribution in [-0.2, 0) is 22.3 Å². The molecule has 2 aliphatic rings. The number of nitrogen functional groups attached to an aromatic ring is 1. The third kappa shape index (κ3) is 11.2. The molecular weight excluding hydrogens is 564 g/mol. The van der Waals surface area contributed by atoms with Crippen molar-refractivity contribution in [2.45, 2.75) is 104 Å². The van der Waals surface area contributed by atoms with Crippen LogP contribution in [0, 0.1) is 35.5 Å². The van der Waals surface area contributed by atoms with Gasteiger partial charge in [-0.3, -0.25) is 4.98 Å². The third-order valence-corrected chi connectivity index (χ3v) is 10.2. The second kappa shape index (κ2) is 17.4. The van der Waals surface area contributed by atoms with Crippen molar-refractivity contribution in [3.05, 3.63) is 59.9 Å². The largest absolute Gasteiger partial charge is 0.446 e. The van der Waals surface area contributed by atoms with Gasteiger partial charge in [0.1, 0.15) is 12.2 Å². The number of hydrogen-bond acceptors (Lipinski definition) is 6. The van der Waals surface area contributed by atoms with Crippen LogP contribution in [0.4, 0.5) is 15.3 Å². The lowest BCUT2D eigenvalue weighted by Gasteiger charge is -2.40. The number of nitrogens with zero attached hydrogens (tertiary/aromatic N) is 1. The Hall–Kier alpha value is -3.29. The summed E-state index contributed by atoms with van der Waals surface area (Å²) in [5, 5.41) is 5.90. The Morgan fingerprint density at radius 1 is 0.867 bits per heavy atom. The molecule has 2 saturated carbocycles. The summed E-state index contributed by atoms with van der Waals surface area (Å²) in [6.45, 7) is 10.1. The molecule has 2 aliphatic carbocycles. The Morgan fingerprint density at radius 3 is 2.20 bits per heavy atom. The number of hydrogen-bond donors (Lipinski definition) is 3. The van der Waals surface area contributed by atoms with Crippen LogP contribution in [0.5, 0.6) is 0 Å². The molecule has 2 amide bonds. The van der Waals surface area contributed by atoms with Crippen molar-refractivity contribution in [2.24, 2.45) is 35.5 Å². The van der Waals surface area contributed by atoms with Crippen LogP contribution in [-0.4, -0.2) is 42.5 Å². The molecule has 248 valence electrons. The van der Waals surface area contributed by atoms with E-state index in [-0.39, 0.29) is 24.4 Å². The van der Waals surface area contributed by atoms with Crippen molar-refractivity contribution in [3.8, 4) is 0 Å². The van der Waals surface area contributed by atoms with E-state index < -0.39 is 0 Å². The number of anilines is 1. The van der Waals surface area contributed by atoms with Crippen LogP contribution < -0.4 is 16.4 Å². The maximum Gasteiger partial charge on any atom is 0.407 e. The number of alkyl carbamates (subject to hydrolysis) is 2. The first kappa shape index (κ1) is 34.6. The minimum absolute atomic E-state index is 0.0525. The van der Waals surface area contributed by atoms with Gasteiger partial charge in [0.25, 0.3) is 0 Å². The molecule has 0 spiro atoms. The molecule has 8 heteroatoms. The summed E-state index contributed by atoms with van der Waals surface area (Å²) in [7, 11) is 0. The Bertz CT molecular complexity index is 1170. The van der Waals surface area contributed by atoms with Crippen molar-refractivity contribution in [2.75, 3.05) is 18.8 Å². The van der Waals surface area contributed by atoms with Gasteiger partial charge in [-0.05, 0) is 104 Å². The Labute approximate surface area is 270 Å². The minimum atomic E-state index is -0.319. The van der Waals surface area contributed by atoms with E-state index >= 15 is 0 Å². The van der Waals surface area contributed by atoms with Gasteiger partial charge >= 0.3 is 12.2 Å². The first-order valence-corrected chi connectivity index (χ1v) is 17.3. The van der Waals surface area contributed by atoms with Gasteiger partial charge in [0, 0.05) is 37.1 Å².